The normalized spacial score (nSPS) is 11.1. The first-order valence-electron chi connectivity index (χ1n) is 4.96. The molecular formula is C12H17NO2. The SMILES string of the molecule is CC(C)(C)C(=O)NCc1cccc(O)c1. The van der Waals surface area contributed by atoms with Gasteiger partial charge in [0.25, 0.3) is 0 Å². The highest BCUT2D eigenvalue weighted by molar-refractivity contribution is 5.81. The highest BCUT2D eigenvalue weighted by atomic mass is 16.3. The van der Waals surface area contributed by atoms with Crippen LogP contribution >= 0.6 is 0 Å². The first-order chi connectivity index (χ1) is 6.89. The number of benzene rings is 1. The molecule has 3 heteroatoms. The molecule has 0 radical (unpaired) electrons. The molecule has 0 bridgehead atoms. The molecule has 0 saturated carbocycles. The monoisotopic (exact) mass is 207 g/mol. The molecule has 0 unspecified atom stereocenters. The van der Waals surface area contributed by atoms with Gasteiger partial charge in [-0.25, -0.2) is 0 Å². The largest absolute Gasteiger partial charge is 0.508 e. The second-order valence-corrected chi connectivity index (χ2v) is 4.60. The van der Waals surface area contributed by atoms with Crippen LogP contribution in [0, 0.1) is 5.41 Å². The molecule has 15 heavy (non-hydrogen) atoms. The van der Waals surface area contributed by atoms with Gasteiger partial charge in [0.15, 0.2) is 0 Å². The second kappa shape index (κ2) is 4.34. The maximum Gasteiger partial charge on any atom is 0.225 e. The number of carbonyl (C=O) groups excluding carboxylic acids is 1. The minimum Gasteiger partial charge on any atom is -0.508 e. The van der Waals surface area contributed by atoms with E-state index in [1.807, 2.05) is 26.8 Å². The lowest BCUT2D eigenvalue weighted by molar-refractivity contribution is -0.128. The van der Waals surface area contributed by atoms with E-state index in [0.29, 0.717) is 6.54 Å². The average Bonchev–Trinajstić information content (AvgIpc) is 2.12. The van der Waals surface area contributed by atoms with E-state index < -0.39 is 0 Å². The van der Waals surface area contributed by atoms with Crippen molar-refractivity contribution in [1.82, 2.24) is 5.32 Å². The van der Waals surface area contributed by atoms with Crippen molar-refractivity contribution in [2.75, 3.05) is 0 Å². The molecule has 3 nitrogen and oxygen atoms in total. The summed E-state index contributed by atoms with van der Waals surface area (Å²) in [6.45, 7) is 6.05. The molecule has 1 aromatic carbocycles. The fourth-order valence-corrected chi connectivity index (χ4v) is 1.11. The van der Waals surface area contributed by atoms with Crippen molar-refractivity contribution in [1.29, 1.82) is 0 Å². The molecule has 2 N–H and O–H groups in total. The molecule has 0 spiro atoms. The van der Waals surface area contributed by atoms with Gasteiger partial charge in [0, 0.05) is 12.0 Å². The minimum absolute atomic E-state index is 0.00541. The van der Waals surface area contributed by atoms with Crippen LogP contribution in [0.1, 0.15) is 26.3 Å². The summed E-state index contributed by atoms with van der Waals surface area (Å²) in [6.07, 6.45) is 0. The van der Waals surface area contributed by atoms with Gasteiger partial charge in [-0.2, -0.15) is 0 Å². The first-order valence-corrected chi connectivity index (χ1v) is 4.96. The summed E-state index contributed by atoms with van der Waals surface area (Å²) in [7, 11) is 0. The quantitative estimate of drug-likeness (QED) is 0.779. The van der Waals surface area contributed by atoms with Crippen molar-refractivity contribution in [3.63, 3.8) is 0 Å². The Bertz CT molecular complexity index is 353. The van der Waals surface area contributed by atoms with Crippen LogP contribution in [0.25, 0.3) is 0 Å². The van der Waals surface area contributed by atoms with E-state index in [4.69, 9.17) is 0 Å². The molecule has 0 aliphatic rings. The highest BCUT2D eigenvalue weighted by Crippen LogP contribution is 2.14. The van der Waals surface area contributed by atoms with Crippen LogP contribution in [0.4, 0.5) is 0 Å². The first kappa shape index (κ1) is 11.6. The Kier molecular flexibility index (Phi) is 3.35. The molecule has 0 saturated heterocycles. The molecule has 0 atom stereocenters. The van der Waals surface area contributed by atoms with Crippen LogP contribution in [0.2, 0.25) is 0 Å². The minimum atomic E-state index is -0.378. The summed E-state index contributed by atoms with van der Waals surface area (Å²) in [4.78, 5) is 11.5. The molecule has 1 amide bonds. The molecule has 0 heterocycles. The zero-order valence-corrected chi connectivity index (χ0v) is 9.37. The van der Waals surface area contributed by atoms with Crippen molar-refractivity contribution in [3.8, 4) is 5.75 Å². The summed E-state index contributed by atoms with van der Waals surface area (Å²) in [5, 5.41) is 12.0. The van der Waals surface area contributed by atoms with Crippen LogP contribution in [0.3, 0.4) is 0 Å². The van der Waals surface area contributed by atoms with Gasteiger partial charge in [-0.1, -0.05) is 32.9 Å². The van der Waals surface area contributed by atoms with Crippen molar-refractivity contribution in [2.24, 2.45) is 5.41 Å². The Labute approximate surface area is 90.1 Å². The predicted molar refractivity (Wildman–Crippen MR) is 59.4 cm³/mol. The Balaban J connectivity index is 2.55. The molecule has 82 valence electrons. The van der Waals surface area contributed by atoms with E-state index >= 15 is 0 Å². The fraction of sp³-hybridized carbons (Fsp3) is 0.417. The molecule has 0 aromatic heterocycles. The van der Waals surface area contributed by atoms with Crippen LogP contribution in [-0.4, -0.2) is 11.0 Å². The number of nitrogens with one attached hydrogen (secondary N) is 1. The summed E-state index contributed by atoms with van der Waals surface area (Å²) in [6, 6.07) is 6.87. The lowest BCUT2D eigenvalue weighted by Crippen LogP contribution is -2.34. The van der Waals surface area contributed by atoms with E-state index in [1.54, 1.807) is 18.2 Å². The third-order valence-corrected chi connectivity index (χ3v) is 2.04. The Hall–Kier alpha value is -1.51. The van der Waals surface area contributed by atoms with Crippen LogP contribution in [0.5, 0.6) is 5.75 Å². The molecule has 0 aliphatic heterocycles. The average molecular weight is 207 g/mol. The van der Waals surface area contributed by atoms with Gasteiger partial charge in [0.1, 0.15) is 5.75 Å². The zero-order chi connectivity index (χ0) is 11.5. The number of carbonyl (C=O) groups is 1. The summed E-state index contributed by atoms with van der Waals surface area (Å²) in [5.41, 5.74) is 0.518. The van der Waals surface area contributed by atoms with Gasteiger partial charge in [0.2, 0.25) is 5.91 Å². The second-order valence-electron chi connectivity index (χ2n) is 4.60. The third kappa shape index (κ3) is 3.62. The molecule has 1 rings (SSSR count). The number of amides is 1. The van der Waals surface area contributed by atoms with Gasteiger partial charge in [-0.15, -0.1) is 0 Å². The molecule has 0 fully saturated rings. The van der Waals surface area contributed by atoms with E-state index in [2.05, 4.69) is 5.32 Å². The molecule has 1 aromatic rings. The van der Waals surface area contributed by atoms with Gasteiger partial charge < -0.3 is 10.4 Å². The van der Waals surface area contributed by atoms with Crippen molar-refractivity contribution in [2.45, 2.75) is 27.3 Å². The standard InChI is InChI=1S/C12H17NO2/c1-12(2,3)11(15)13-8-9-5-4-6-10(14)7-9/h4-7,14H,8H2,1-3H3,(H,13,15). The van der Waals surface area contributed by atoms with Gasteiger partial charge >= 0.3 is 0 Å². The zero-order valence-electron chi connectivity index (χ0n) is 9.37. The van der Waals surface area contributed by atoms with E-state index in [9.17, 15) is 9.90 Å². The molecule has 0 aliphatic carbocycles. The van der Waals surface area contributed by atoms with Crippen LogP contribution in [0.15, 0.2) is 24.3 Å². The summed E-state index contributed by atoms with van der Waals surface area (Å²) < 4.78 is 0. The van der Waals surface area contributed by atoms with Gasteiger partial charge in [-0.3, -0.25) is 4.79 Å². The van der Waals surface area contributed by atoms with Crippen molar-refractivity contribution < 1.29 is 9.90 Å². The van der Waals surface area contributed by atoms with E-state index in [0.717, 1.165) is 5.56 Å². The van der Waals surface area contributed by atoms with Gasteiger partial charge in [-0.05, 0) is 17.7 Å². The third-order valence-electron chi connectivity index (χ3n) is 2.04. The fourth-order valence-electron chi connectivity index (χ4n) is 1.11. The number of hydrogen-bond acceptors (Lipinski definition) is 2. The number of aromatic hydroxyl groups is 1. The van der Waals surface area contributed by atoms with E-state index in [1.165, 1.54) is 0 Å². The van der Waals surface area contributed by atoms with Gasteiger partial charge in [0.05, 0.1) is 0 Å². The maximum atomic E-state index is 11.5. The lowest BCUT2D eigenvalue weighted by Gasteiger charge is -2.17. The van der Waals surface area contributed by atoms with Crippen LogP contribution in [-0.2, 0) is 11.3 Å². The number of phenolic OH excluding ortho intramolecular Hbond substituents is 1. The maximum absolute atomic E-state index is 11.5. The summed E-state index contributed by atoms with van der Waals surface area (Å²) in [5.74, 6) is 0.225. The smallest absolute Gasteiger partial charge is 0.225 e. The highest BCUT2D eigenvalue weighted by Gasteiger charge is 2.20. The number of rotatable bonds is 2. The predicted octanol–water partition coefficient (Wildman–Crippen LogP) is 2.05. The Morgan fingerprint density at radius 3 is 2.60 bits per heavy atom. The number of phenols is 1. The van der Waals surface area contributed by atoms with E-state index in [-0.39, 0.29) is 17.1 Å². The van der Waals surface area contributed by atoms with Crippen molar-refractivity contribution in [3.05, 3.63) is 29.8 Å². The summed E-state index contributed by atoms with van der Waals surface area (Å²) >= 11 is 0. The lowest BCUT2D eigenvalue weighted by atomic mass is 9.95. The molecular weight excluding hydrogens is 190 g/mol. The Morgan fingerprint density at radius 2 is 2.07 bits per heavy atom. The Morgan fingerprint density at radius 1 is 1.40 bits per heavy atom. The van der Waals surface area contributed by atoms with Crippen molar-refractivity contribution >= 4 is 5.91 Å². The number of hydrogen-bond donors (Lipinski definition) is 2. The topological polar surface area (TPSA) is 49.3 Å². The van der Waals surface area contributed by atoms with Crippen LogP contribution < -0.4 is 5.32 Å².